The zero-order chi connectivity index (χ0) is 18.4. The molecular formula is C17H14ClN5O3. The summed E-state index contributed by atoms with van der Waals surface area (Å²) >= 11 is 5.98. The Morgan fingerprint density at radius 3 is 3.00 bits per heavy atom. The molecule has 0 aliphatic heterocycles. The van der Waals surface area contributed by atoms with Gasteiger partial charge in [-0.3, -0.25) is 14.7 Å². The number of hydrogen-bond donors (Lipinski definition) is 2. The highest BCUT2D eigenvalue weighted by atomic mass is 35.5. The number of aromatic nitrogens is 4. The van der Waals surface area contributed by atoms with Crippen LogP contribution in [0.25, 0.3) is 16.7 Å². The first-order chi connectivity index (χ1) is 12.4. The van der Waals surface area contributed by atoms with Crippen molar-refractivity contribution in [3.63, 3.8) is 0 Å². The lowest BCUT2D eigenvalue weighted by Crippen LogP contribution is -2.33. The molecule has 132 valence electrons. The van der Waals surface area contributed by atoms with Gasteiger partial charge in [-0.2, -0.15) is 9.50 Å². The third kappa shape index (κ3) is 2.74. The molecule has 0 bridgehead atoms. The monoisotopic (exact) mass is 371 g/mol. The van der Waals surface area contributed by atoms with E-state index in [9.17, 15) is 9.59 Å². The summed E-state index contributed by atoms with van der Waals surface area (Å²) in [5.41, 5.74) is 0.0652. The number of aryl methyl sites for hydroxylation is 1. The van der Waals surface area contributed by atoms with E-state index in [2.05, 4.69) is 20.4 Å². The van der Waals surface area contributed by atoms with Crippen molar-refractivity contribution < 1.29 is 9.21 Å². The van der Waals surface area contributed by atoms with Crippen molar-refractivity contribution in [1.29, 1.82) is 0 Å². The molecule has 0 radical (unpaired) electrons. The van der Waals surface area contributed by atoms with Crippen molar-refractivity contribution in [3.8, 4) is 0 Å². The number of nitrogens with one attached hydrogen (secondary N) is 2. The van der Waals surface area contributed by atoms with Crippen LogP contribution in [-0.2, 0) is 0 Å². The molecule has 4 aromatic rings. The predicted molar refractivity (Wildman–Crippen MR) is 95.4 cm³/mol. The average molecular weight is 372 g/mol. The Hall–Kier alpha value is -3.13. The molecule has 1 atom stereocenters. The van der Waals surface area contributed by atoms with Crippen LogP contribution < -0.4 is 10.9 Å². The highest BCUT2D eigenvalue weighted by Crippen LogP contribution is 2.26. The van der Waals surface area contributed by atoms with Gasteiger partial charge < -0.3 is 9.73 Å². The van der Waals surface area contributed by atoms with Crippen molar-refractivity contribution in [2.45, 2.75) is 19.9 Å². The number of amides is 1. The van der Waals surface area contributed by atoms with Gasteiger partial charge in [0.1, 0.15) is 22.7 Å². The summed E-state index contributed by atoms with van der Waals surface area (Å²) in [6.07, 6.45) is 1.22. The second-order valence-corrected chi connectivity index (χ2v) is 6.38. The molecule has 0 fully saturated rings. The largest absolute Gasteiger partial charge is 0.459 e. The molecule has 1 aromatic carbocycles. The number of carbonyl (C=O) groups is 1. The minimum Gasteiger partial charge on any atom is -0.459 e. The normalized spacial score (nSPS) is 12.6. The second kappa shape index (κ2) is 5.99. The fraction of sp³-hybridized carbons (Fsp3) is 0.176. The number of aromatic amines is 1. The predicted octanol–water partition coefficient (Wildman–Crippen LogP) is 2.62. The number of halogens is 1. The van der Waals surface area contributed by atoms with E-state index in [0.29, 0.717) is 22.2 Å². The third-order valence-corrected chi connectivity index (χ3v) is 4.24. The first-order valence-corrected chi connectivity index (χ1v) is 8.24. The van der Waals surface area contributed by atoms with Gasteiger partial charge in [-0.1, -0.05) is 11.6 Å². The SMILES string of the molecule is Cc1nc2ncc(C(=O)NC(C)c3cc4cc(Cl)ccc4o3)c(=O)n2[nH]1. The van der Waals surface area contributed by atoms with Gasteiger partial charge in [0.25, 0.3) is 17.2 Å². The van der Waals surface area contributed by atoms with E-state index in [1.807, 2.05) is 0 Å². The van der Waals surface area contributed by atoms with Crippen LogP contribution >= 0.6 is 11.6 Å². The maximum Gasteiger partial charge on any atom is 0.286 e. The first kappa shape index (κ1) is 16.3. The molecule has 26 heavy (non-hydrogen) atoms. The zero-order valence-corrected chi connectivity index (χ0v) is 14.7. The minimum atomic E-state index is -0.546. The standard InChI is InChI=1S/C17H14ClN5O3/c1-8(14-6-10-5-11(18)3-4-13(10)26-14)20-15(24)12-7-19-17-21-9(2)22-23(17)16(12)25/h3-8H,1-2H3,(H,20,24)(H,19,21,22). The van der Waals surface area contributed by atoms with Gasteiger partial charge in [0.2, 0.25) is 0 Å². The molecule has 0 saturated carbocycles. The number of carbonyl (C=O) groups excluding carboxylic acids is 1. The topological polar surface area (TPSA) is 105 Å². The smallest absolute Gasteiger partial charge is 0.286 e. The van der Waals surface area contributed by atoms with Gasteiger partial charge in [-0.15, -0.1) is 0 Å². The first-order valence-electron chi connectivity index (χ1n) is 7.86. The Kier molecular flexibility index (Phi) is 3.77. The molecule has 4 rings (SSSR count). The fourth-order valence-electron chi connectivity index (χ4n) is 2.71. The van der Waals surface area contributed by atoms with E-state index in [0.717, 1.165) is 9.90 Å². The quantitative estimate of drug-likeness (QED) is 0.576. The van der Waals surface area contributed by atoms with E-state index < -0.39 is 17.5 Å². The minimum absolute atomic E-state index is 0.0860. The van der Waals surface area contributed by atoms with Gasteiger partial charge >= 0.3 is 0 Å². The number of benzene rings is 1. The number of rotatable bonds is 3. The van der Waals surface area contributed by atoms with E-state index in [1.165, 1.54) is 6.20 Å². The summed E-state index contributed by atoms with van der Waals surface area (Å²) in [5.74, 6) is 0.755. The van der Waals surface area contributed by atoms with Gasteiger partial charge in [0, 0.05) is 16.6 Å². The molecule has 0 aliphatic carbocycles. The summed E-state index contributed by atoms with van der Waals surface area (Å²) in [4.78, 5) is 33.0. The van der Waals surface area contributed by atoms with Crippen molar-refractivity contribution in [2.24, 2.45) is 0 Å². The molecular weight excluding hydrogens is 358 g/mol. The number of hydrogen-bond acceptors (Lipinski definition) is 5. The molecule has 3 heterocycles. The van der Waals surface area contributed by atoms with Crippen molar-refractivity contribution in [1.82, 2.24) is 24.9 Å². The highest BCUT2D eigenvalue weighted by Gasteiger charge is 2.19. The highest BCUT2D eigenvalue weighted by molar-refractivity contribution is 6.31. The van der Waals surface area contributed by atoms with Crippen LogP contribution in [0.4, 0.5) is 0 Å². The lowest BCUT2D eigenvalue weighted by atomic mass is 10.2. The summed E-state index contributed by atoms with van der Waals surface area (Å²) in [5, 5.41) is 6.94. The maximum atomic E-state index is 12.5. The van der Waals surface area contributed by atoms with E-state index >= 15 is 0 Å². The Labute approximate surface area is 151 Å². The van der Waals surface area contributed by atoms with Gasteiger partial charge in [0.05, 0.1) is 6.04 Å². The van der Waals surface area contributed by atoms with Gasteiger partial charge in [0.15, 0.2) is 0 Å². The van der Waals surface area contributed by atoms with Crippen LogP contribution in [0.5, 0.6) is 0 Å². The van der Waals surface area contributed by atoms with E-state index in [1.54, 1.807) is 38.1 Å². The van der Waals surface area contributed by atoms with Crippen LogP contribution in [0.1, 0.15) is 34.9 Å². The van der Waals surface area contributed by atoms with Crippen LogP contribution in [0.2, 0.25) is 5.02 Å². The van der Waals surface area contributed by atoms with Gasteiger partial charge in [-0.05, 0) is 38.1 Å². The average Bonchev–Trinajstić information content (AvgIpc) is 3.17. The molecule has 3 aromatic heterocycles. The summed E-state index contributed by atoms with van der Waals surface area (Å²) in [6.45, 7) is 3.46. The second-order valence-electron chi connectivity index (χ2n) is 5.95. The lowest BCUT2D eigenvalue weighted by molar-refractivity contribution is 0.0933. The van der Waals surface area contributed by atoms with Gasteiger partial charge in [-0.25, -0.2) is 4.98 Å². The molecule has 0 saturated heterocycles. The summed E-state index contributed by atoms with van der Waals surface area (Å²) in [7, 11) is 0. The molecule has 2 N–H and O–H groups in total. The fourth-order valence-corrected chi connectivity index (χ4v) is 2.89. The molecule has 8 nitrogen and oxygen atoms in total. The molecule has 1 unspecified atom stereocenters. The van der Waals surface area contributed by atoms with E-state index in [-0.39, 0.29) is 11.3 Å². The van der Waals surface area contributed by atoms with Crippen molar-refractivity contribution >= 4 is 34.3 Å². The molecule has 0 spiro atoms. The zero-order valence-electron chi connectivity index (χ0n) is 13.9. The van der Waals surface area contributed by atoms with Crippen molar-refractivity contribution in [3.05, 3.63) is 63.0 Å². The molecule has 9 heteroatoms. The third-order valence-electron chi connectivity index (χ3n) is 4.00. The van der Waals surface area contributed by atoms with Crippen molar-refractivity contribution in [2.75, 3.05) is 0 Å². The van der Waals surface area contributed by atoms with E-state index in [4.69, 9.17) is 16.0 Å². The maximum absolute atomic E-state index is 12.5. The number of nitrogens with zero attached hydrogens (tertiary/aromatic N) is 3. The Morgan fingerprint density at radius 2 is 2.19 bits per heavy atom. The molecule has 1 amide bonds. The van der Waals surface area contributed by atoms with Crippen LogP contribution in [0.15, 0.2) is 39.7 Å². The Balaban J connectivity index is 1.62. The summed E-state index contributed by atoms with van der Waals surface area (Å²) in [6, 6.07) is 6.63. The Morgan fingerprint density at radius 1 is 1.38 bits per heavy atom. The number of fused-ring (bicyclic) bond motifs is 2. The number of furan rings is 1. The Bertz CT molecular complexity index is 1210. The molecule has 0 aliphatic rings. The van der Waals surface area contributed by atoms with Crippen LogP contribution in [0, 0.1) is 6.92 Å². The number of H-pyrrole nitrogens is 1. The lowest BCUT2D eigenvalue weighted by Gasteiger charge is -2.10. The summed E-state index contributed by atoms with van der Waals surface area (Å²) < 4.78 is 6.87. The van der Waals surface area contributed by atoms with Crippen LogP contribution in [-0.4, -0.2) is 25.5 Å². The van der Waals surface area contributed by atoms with Crippen LogP contribution in [0.3, 0.4) is 0 Å².